The van der Waals surface area contributed by atoms with Crippen molar-refractivity contribution in [3.05, 3.63) is 58.3 Å². The summed E-state index contributed by atoms with van der Waals surface area (Å²) < 4.78 is 27.4. The number of carbonyl (C=O) groups is 1. The van der Waals surface area contributed by atoms with E-state index in [0.717, 1.165) is 17.3 Å². The van der Waals surface area contributed by atoms with Crippen LogP contribution in [-0.4, -0.2) is 35.2 Å². The Balaban J connectivity index is 1.49. The molecule has 3 aromatic rings. The first kappa shape index (κ1) is 21.6. The molecule has 0 atom stereocenters. The monoisotopic (exact) mass is 456 g/mol. The predicted octanol–water partition coefficient (Wildman–Crippen LogP) is 4.17. The zero-order valence-corrected chi connectivity index (χ0v) is 18.2. The molecule has 0 bridgehead atoms. The topological polar surface area (TPSA) is 113 Å². The number of aryl methyl sites for hydroxylation is 1. The molecule has 0 radical (unpaired) electrons. The van der Waals surface area contributed by atoms with Crippen molar-refractivity contribution in [1.82, 2.24) is 10.2 Å². The molecule has 0 fully saturated rings. The SMILES string of the molecule is CCc1nnc(S/C(=C\c2ccc(OCc3ccc4c(c3)OCO4)c(OC)c2)C(=O)O)o1. The van der Waals surface area contributed by atoms with Gasteiger partial charge in [0.2, 0.25) is 12.7 Å². The zero-order valence-electron chi connectivity index (χ0n) is 17.4. The second-order valence-electron chi connectivity index (χ2n) is 6.62. The van der Waals surface area contributed by atoms with Gasteiger partial charge in [0.1, 0.15) is 11.5 Å². The standard InChI is InChI=1S/C22H20N2O7S/c1-3-20-23-24-22(31-20)32-19(21(25)26)10-13-4-6-15(17(8-13)27-2)28-11-14-5-7-16-18(9-14)30-12-29-16/h4-10H,3,11-12H2,1-2H3,(H,25,26)/b19-10-. The molecule has 4 rings (SSSR count). The van der Waals surface area contributed by atoms with Crippen molar-refractivity contribution in [2.24, 2.45) is 0 Å². The first-order chi connectivity index (χ1) is 15.6. The highest BCUT2D eigenvalue weighted by atomic mass is 32.2. The quantitative estimate of drug-likeness (QED) is 0.372. The molecule has 2 aromatic carbocycles. The van der Waals surface area contributed by atoms with Crippen LogP contribution in [0.5, 0.6) is 23.0 Å². The zero-order chi connectivity index (χ0) is 22.5. The lowest BCUT2D eigenvalue weighted by Crippen LogP contribution is -1.99. The number of nitrogens with zero attached hydrogens (tertiary/aromatic N) is 2. The second kappa shape index (κ2) is 9.65. The van der Waals surface area contributed by atoms with E-state index in [1.165, 1.54) is 13.2 Å². The lowest BCUT2D eigenvalue weighted by Gasteiger charge is -2.12. The number of fused-ring (bicyclic) bond motifs is 1. The van der Waals surface area contributed by atoms with E-state index in [9.17, 15) is 9.90 Å². The first-order valence-corrected chi connectivity index (χ1v) is 10.5. The van der Waals surface area contributed by atoms with Crippen LogP contribution in [0.4, 0.5) is 0 Å². The van der Waals surface area contributed by atoms with Crippen molar-refractivity contribution in [2.75, 3.05) is 13.9 Å². The number of ether oxygens (including phenoxy) is 4. The van der Waals surface area contributed by atoms with Crippen molar-refractivity contribution in [3.8, 4) is 23.0 Å². The molecule has 10 heteroatoms. The molecule has 1 aromatic heterocycles. The fourth-order valence-electron chi connectivity index (χ4n) is 2.89. The van der Waals surface area contributed by atoms with E-state index in [4.69, 9.17) is 23.4 Å². The van der Waals surface area contributed by atoms with E-state index in [1.807, 2.05) is 25.1 Å². The summed E-state index contributed by atoms with van der Waals surface area (Å²) in [6, 6.07) is 10.8. The molecule has 1 aliphatic rings. The third kappa shape index (κ3) is 4.97. The number of aliphatic carboxylic acids is 1. The Kier molecular flexibility index (Phi) is 6.50. The summed E-state index contributed by atoms with van der Waals surface area (Å²) >= 11 is 0.890. The highest BCUT2D eigenvalue weighted by molar-refractivity contribution is 8.03. The molecular weight excluding hydrogens is 436 g/mol. The maximum absolute atomic E-state index is 11.7. The molecular formula is C22H20N2O7S. The lowest BCUT2D eigenvalue weighted by molar-refractivity contribution is -0.131. The van der Waals surface area contributed by atoms with Crippen LogP contribution in [0, 0.1) is 0 Å². The van der Waals surface area contributed by atoms with Crippen LogP contribution in [0.2, 0.25) is 0 Å². The van der Waals surface area contributed by atoms with E-state index in [0.29, 0.717) is 47.5 Å². The second-order valence-corrected chi connectivity index (χ2v) is 7.61. The minimum Gasteiger partial charge on any atom is -0.493 e. The maximum atomic E-state index is 11.7. The summed E-state index contributed by atoms with van der Waals surface area (Å²) in [5, 5.41) is 17.4. The van der Waals surface area contributed by atoms with Crippen LogP contribution >= 0.6 is 11.8 Å². The molecule has 9 nitrogen and oxygen atoms in total. The minimum atomic E-state index is -1.10. The van der Waals surface area contributed by atoms with E-state index >= 15 is 0 Å². The van der Waals surface area contributed by atoms with Gasteiger partial charge in [-0.05, 0) is 53.2 Å². The number of aromatic nitrogens is 2. The van der Waals surface area contributed by atoms with Gasteiger partial charge in [0.15, 0.2) is 23.0 Å². The fraction of sp³-hybridized carbons (Fsp3) is 0.227. The van der Waals surface area contributed by atoms with Crippen molar-refractivity contribution >= 4 is 23.8 Å². The van der Waals surface area contributed by atoms with Crippen LogP contribution in [0.25, 0.3) is 6.08 Å². The van der Waals surface area contributed by atoms with E-state index in [1.54, 1.807) is 18.2 Å². The summed E-state index contributed by atoms with van der Waals surface area (Å²) in [5.74, 6) is 1.73. The van der Waals surface area contributed by atoms with Crippen molar-refractivity contribution in [2.45, 2.75) is 25.2 Å². The number of hydrogen-bond donors (Lipinski definition) is 1. The number of carboxylic acids is 1. The maximum Gasteiger partial charge on any atom is 0.342 e. The Bertz CT molecular complexity index is 1160. The third-order valence-electron chi connectivity index (χ3n) is 4.48. The Labute approximate surface area is 188 Å². The molecule has 32 heavy (non-hydrogen) atoms. The van der Waals surface area contributed by atoms with Gasteiger partial charge in [0.25, 0.3) is 5.22 Å². The Morgan fingerprint density at radius 3 is 2.75 bits per heavy atom. The van der Waals surface area contributed by atoms with E-state index < -0.39 is 5.97 Å². The lowest BCUT2D eigenvalue weighted by atomic mass is 10.2. The average Bonchev–Trinajstić information content (AvgIpc) is 3.46. The number of thioether (sulfide) groups is 1. The first-order valence-electron chi connectivity index (χ1n) is 9.70. The summed E-state index contributed by atoms with van der Waals surface area (Å²) in [4.78, 5) is 11.7. The van der Waals surface area contributed by atoms with Crippen LogP contribution < -0.4 is 18.9 Å². The van der Waals surface area contributed by atoms with Gasteiger partial charge in [0, 0.05) is 6.42 Å². The fourth-order valence-corrected chi connectivity index (χ4v) is 3.58. The normalized spacial score (nSPS) is 12.6. The van der Waals surface area contributed by atoms with E-state index in [-0.39, 0.29) is 16.9 Å². The molecule has 0 saturated heterocycles. The number of benzene rings is 2. The summed E-state index contributed by atoms with van der Waals surface area (Å²) in [6.07, 6.45) is 2.08. The number of carboxylic acid groups (broad SMARTS) is 1. The van der Waals surface area contributed by atoms with Gasteiger partial charge in [-0.1, -0.05) is 19.1 Å². The molecule has 1 N–H and O–H groups in total. The molecule has 0 aliphatic carbocycles. The Morgan fingerprint density at radius 1 is 1.16 bits per heavy atom. The van der Waals surface area contributed by atoms with Gasteiger partial charge >= 0.3 is 5.97 Å². The Hall–Kier alpha value is -3.66. The van der Waals surface area contributed by atoms with Gasteiger partial charge in [-0.15, -0.1) is 10.2 Å². The van der Waals surface area contributed by atoms with Gasteiger partial charge in [0.05, 0.1) is 7.11 Å². The highest BCUT2D eigenvalue weighted by Crippen LogP contribution is 2.35. The number of hydrogen-bond acceptors (Lipinski definition) is 9. The molecule has 0 saturated carbocycles. The van der Waals surface area contributed by atoms with Gasteiger partial charge in [-0.2, -0.15) is 0 Å². The average molecular weight is 456 g/mol. The van der Waals surface area contributed by atoms with Crippen molar-refractivity contribution in [1.29, 1.82) is 0 Å². The minimum absolute atomic E-state index is 0.0346. The van der Waals surface area contributed by atoms with Gasteiger partial charge < -0.3 is 28.5 Å². The van der Waals surface area contributed by atoms with Gasteiger partial charge in [-0.25, -0.2) is 4.79 Å². The van der Waals surface area contributed by atoms with Crippen molar-refractivity contribution < 1.29 is 33.3 Å². The molecule has 2 heterocycles. The van der Waals surface area contributed by atoms with Crippen LogP contribution in [-0.2, 0) is 17.8 Å². The Morgan fingerprint density at radius 2 is 2.00 bits per heavy atom. The molecule has 1 aliphatic heterocycles. The summed E-state index contributed by atoms with van der Waals surface area (Å²) in [7, 11) is 1.52. The third-order valence-corrected chi connectivity index (χ3v) is 5.33. The van der Waals surface area contributed by atoms with Crippen LogP contribution in [0.1, 0.15) is 23.9 Å². The summed E-state index contributed by atoms with van der Waals surface area (Å²) in [6.45, 7) is 2.39. The molecule has 0 spiro atoms. The summed E-state index contributed by atoms with van der Waals surface area (Å²) in [5.41, 5.74) is 1.54. The van der Waals surface area contributed by atoms with Crippen LogP contribution in [0.3, 0.4) is 0 Å². The molecule has 166 valence electrons. The van der Waals surface area contributed by atoms with Gasteiger partial charge in [-0.3, -0.25) is 0 Å². The number of rotatable bonds is 9. The molecule has 0 unspecified atom stereocenters. The largest absolute Gasteiger partial charge is 0.493 e. The number of methoxy groups -OCH3 is 1. The highest BCUT2D eigenvalue weighted by Gasteiger charge is 2.16. The van der Waals surface area contributed by atoms with E-state index in [2.05, 4.69) is 10.2 Å². The van der Waals surface area contributed by atoms with Crippen LogP contribution in [0.15, 0.2) is 50.9 Å². The van der Waals surface area contributed by atoms with Crippen molar-refractivity contribution in [3.63, 3.8) is 0 Å². The molecule has 0 amide bonds. The predicted molar refractivity (Wildman–Crippen MR) is 115 cm³/mol. The smallest absolute Gasteiger partial charge is 0.342 e.